The molecular formula is C65H108O32. The summed E-state index contributed by atoms with van der Waals surface area (Å²) in [4.78, 5) is 156. The molecule has 0 heterocycles. The molecular weight excluding hydrogens is 1290 g/mol. The van der Waals surface area contributed by atoms with Gasteiger partial charge in [0.15, 0.2) is 0 Å². The van der Waals surface area contributed by atoms with E-state index in [9.17, 15) is 67.7 Å². The molecule has 6 unspecified atom stereocenters. The van der Waals surface area contributed by atoms with Crippen molar-refractivity contribution >= 4 is 72.7 Å². The SMILES string of the molecule is CCCCOC(=O)C(C)(COC(=O)OCCC(C)C)COC(=O)OCC(C)(COC(=O)OCC(C)(CO)C(=O)OCC)C(=O)OCCCCCCCOC(=O)C(C)(COC(=O)OCC(C)(CO)C(=O)OCC)COC(=O)OCC(C)(COC(=O)OCCC(C)C)C(=O)OCCCC. The Kier molecular flexibility index (Phi) is 43.6. The summed E-state index contributed by atoms with van der Waals surface area (Å²) in [7, 11) is 0. The molecule has 560 valence electrons. The summed E-state index contributed by atoms with van der Waals surface area (Å²) < 4.78 is 93.8. The normalized spacial score (nSPS) is 14.8. The standard InChI is InChI=1S/C65H108O32/c1-15-19-28-82-50(70)62(11,38-90-54(74)86-32-26-46(5)6)40-94-58(78)96-44-64(13,42-92-56(76)88-36-60(9,34-66)48(68)80-17-3)52(72)84-30-24-22-21-23-25-31-85-53(73)65(14,43-93-57(77)89-37-61(10,35-67)49(69)81-18-4)45-97-59(79)95-41-63(12,51(71)83-29-20-16-2)39-91-55(75)87-33-27-47(7)8/h46-47,66-67H,15-45H2,1-14H3. The van der Waals surface area contributed by atoms with Crippen molar-refractivity contribution in [1.82, 2.24) is 0 Å². The zero-order valence-electron chi connectivity index (χ0n) is 59.2. The molecule has 32 heteroatoms. The molecule has 97 heavy (non-hydrogen) atoms. The van der Waals surface area contributed by atoms with Crippen LogP contribution in [0.15, 0.2) is 0 Å². The van der Waals surface area contributed by atoms with Gasteiger partial charge in [-0.3, -0.25) is 28.8 Å². The Balaban J connectivity index is 6.18. The molecule has 32 nitrogen and oxygen atoms in total. The molecule has 0 aliphatic carbocycles. The molecule has 0 amide bonds. The topological polar surface area (TPSA) is 411 Å². The Bertz CT molecular complexity index is 2270. The summed E-state index contributed by atoms with van der Waals surface area (Å²) in [6.45, 7) is 12.8. The Morgan fingerprint density at radius 3 is 0.660 bits per heavy atom. The summed E-state index contributed by atoms with van der Waals surface area (Å²) in [5.41, 5.74) is -10.8. The fourth-order valence-electron chi connectivity index (χ4n) is 7.15. The van der Waals surface area contributed by atoms with E-state index in [4.69, 9.17) is 85.3 Å². The fraction of sp³-hybridized carbons (Fsp3) is 0.815. The van der Waals surface area contributed by atoms with Gasteiger partial charge in [-0.1, -0.05) is 73.6 Å². The number of hydrogen-bond donors (Lipinski definition) is 2. The molecule has 0 saturated heterocycles. The van der Waals surface area contributed by atoms with Crippen LogP contribution in [0.5, 0.6) is 0 Å². The third-order valence-corrected chi connectivity index (χ3v) is 14.3. The van der Waals surface area contributed by atoms with E-state index in [0.717, 1.165) is 0 Å². The number of esters is 6. The molecule has 0 aliphatic rings. The predicted molar refractivity (Wildman–Crippen MR) is 336 cm³/mol. The van der Waals surface area contributed by atoms with E-state index in [1.54, 1.807) is 0 Å². The van der Waals surface area contributed by atoms with Crippen molar-refractivity contribution in [3.63, 3.8) is 0 Å². The van der Waals surface area contributed by atoms with E-state index in [0.29, 0.717) is 57.8 Å². The number of ether oxygens (including phenoxy) is 18. The molecule has 0 bridgehead atoms. The number of carbonyl (C=O) groups excluding carboxylic acids is 12. The zero-order chi connectivity index (χ0) is 73.7. The first-order valence-electron chi connectivity index (χ1n) is 32.6. The molecule has 0 aliphatic heterocycles. The highest BCUT2D eigenvalue weighted by molar-refractivity contribution is 5.81. The lowest BCUT2D eigenvalue weighted by molar-refractivity contribution is -0.165. The van der Waals surface area contributed by atoms with Gasteiger partial charge in [-0.15, -0.1) is 0 Å². The van der Waals surface area contributed by atoms with Gasteiger partial charge in [-0.25, -0.2) is 28.8 Å². The average molecular weight is 1400 g/mol. The lowest BCUT2D eigenvalue weighted by atomic mass is 9.93. The van der Waals surface area contributed by atoms with E-state index >= 15 is 0 Å². The number of unbranched alkanes of at least 4 members (excludes halogenated alkanes) is 6. The van der Waals surface area contributed by atoms with Crippen LogP contribution in [-0.4, -0.2) is 215 Å². The van der Waals surface area contributed by atoms with Crippen LogP contribution < -0.4 is 0 Å². The van der Waals surface area contributed by atoms with E-state index < -0.39 is 185 Å². The smallest absolute Gasteiger partial charge is 0.465 e. The van der Waals surface area contributed by atoms with Crippen molar-refractivity contribution in [1.29, 1.82) is 0 Å². The van der Waals surface area contributed by atoms with Gasteiger partial charge < -0.3 is 95.5 Å². The summed E-state index contributed by atoms with van der Waals surface area (Å²) in [6.07, 6.45) is -2.39. The first-order chi connectivity index (χ1) is 45.6. The predicted octanol–water partition coefficient (Wildman–Crippen LogP) is 8.87. The van der Waals surface area contributed by atoms with Crippen molar-refractivity contribution in [2.75, 3.05) is 132 Å². The molecule has 0 rings (SSSR count). The Morgan fingerprint density at radius 2 is 0.454 bits per heavy atom. The highest BCUT2D eigenvalue weighted by Crippen LogP contribution is 2.28. The van der Waals surface area contributed by atoms with Crippen molar-refractivity contribution in [3.05, 3.63) is 0 Å². The van der Waals surface area contributed by atoms with Gasteiger partial charge in [0.25, 0.3) is 0 Å². The van der Waals surface area contributed by atoms with E-state index in [-0.39, 0.29) is 77.5 Å². The first-order valence-corrected chi connectivity index (χ1v) is 32.6. The molecule has 0 aromatic heterocycles. The van der Waals surface area contributed by atoms with Gasteiger partial charge in [0.05, 0.1) is 66.1 Å². The molecule has 2 N–H and O–H groups in total. The molecule has 0 aromatic carbocycles. The third-order valence-electron chi connectivity index (χ3n) is 14.3. The van der Waals surface area contributed by atoms with Crippen LogP contribution in [0.1, 0.15) is 168 Å². The van der Waals surface area contributed by atoms with Crippen LogP contribution in [-0.2, 0) is 114 Å². The van der Waals surface area contributed by atoms with Crippen molar-refractivity contribution < 1.29 is 153 Å². The maximum absolute atomic E-state index is 13.8. The van der Waals surface area contributed by atoms with Crippen LogP contribution >= 0.6 is 0 Å². The maximum atomic E-state index is 13.8. The Morgan fingerprint density at radius 1 is 0.258 bits per heavy atom. The van der Waals surface area contributed by atoms with Crippen LogP contribution in [0.2, 0.25) is 0 Å². The number of carbonyl (C=O) groups is 12. The fourth-order valence-corrected chi connectivity index (χ4v) is 7.15. The monoisotopic (exact) mass is 1400 g/mol. The summed E-state index contributed by atoms with van der Waals surface area (Å²) in [5.74, 6) is -5.09. The van der Waals surface area contributed by atoms with Crippen LogP contribution in [0.4, 0.5) is 28.8 Å². The maximum Gasteiger partial charge on any atom is 0.508 e. The highest BCUT2D eigenvalue weighted by atomic mass is 16.8. The highest BCUT2D eigenvalue weighted by Gasteiger charge is 2.45. The van der Waals surface area contributed by atoms with Crippen LogP contribution in [0.25, 0.3) is 0 Å². The zero-order valence-corrected chi connectivity index (χ0v) is 59.2. The average Bonchev–Trinajstić information content (AvgIpc) is 0.997. The largest absolute Gasteiger partial charge is 0.508 e. The van der Waals surface area contributed by atoms with Gasteiger partial charge in [0.1, 0.15) is 98.6 Å². The Labute approximate surface area is 568 Å². The van der Waals surface area contributed by atoms with Crippen LogP contribution in [0.3, 0.4) is 0 Å². The second-order valence-corrected chi connectivity index (χ2v) is 25.6. The van der Waals surface area contributed by atoms with Crippen molar-refractivity contribution in [2.24, 2.45) is 44.3 Å². The number of hydrogen-bond acceptors (Lipinski definition) is 32. The molecule has 0 radical (unpaired) electrons. The Hall–Kier alpha value is -7.64. The second kappa shape index (κ2) is 47.3. The summed E-state index contributed by atoms with van der Waals surface area (Å²) in [5, 5.41) is 19.7. The second-order valence-electron chi connectivity index (χ2n) is 25.6. The molecule has 0 spiro atoms. The van der Waals surface area contributed by atoms with Gasteiger partial charge >= 0.3 is 72.7 Å². The molecule has 0 fully saturated rings. The van der Waals surface area contributed by atoms with E-state index in [1.165, 1.54) is 55.4 Å². The first kappa shape index (κ1) is 89.4. The lowest BCUT2D eigenvalue weighted by Gasteiger charge is -2.28. The number of rotatable bonds is 50. The van der Waals surface area contributed by atoms with Crippen molar-refractivity contribution in [3.8, 4) is 0 Å². The van der Waals surface area contributed by atoms with Gasteiger partial charge in [0, 0.05) is 0 Å². The molecule has 6 atom stereocenters. The van der Waals surface area contributed by atoms with Crippen LogP contribution in [0, 0.1) is 44.3 Å². The lowest BCUT2D eigenvalue weighted by Crippen LogP contribution is -2.43. The van der Waals surface area contributed by atoms with Gasteiger partial charge in [-0.2, -0.15) is 0 Å². The van der Waals surface area contributed by atoms with Gasteiger partial charge in [0.2, 0.25) is 0 Å². The van der Waals surface area contributed by atoms with E-state index in [2.05, 4.69) is 0 Å². The summed E-state index contributed by atoms with van der Waals surface area (Å²) >= 11 is 0. The third kappa shape index (κ3) is 36.5. The van der Waals surface area contributed by atoms with Crippen molar-refractivity contribution in [2.45, 2.75) is 168 Å². The molecule has 0 saturated carbocycles. The quantitative estimate of drug-likeness (QED) is 0.0326. The van der Waals surface area contributed by atoms with Gasteiger partial charge in [-0.05, 0) is 106 Å². The number of aliphatic hydroxyl groups excluding tert-OH is 2. The minimum Gasteiger partial charge on any atom is -0.465 e. The van der Waals surface area contributed by atoms with E-state index in [1.807, 2.05) is 41.5 Å². The minimum absolute atomic E-state index is 0.0157. The summed E-state index contributed by atoms with van der Waals surface area (Å²) in [6, 6.07) is 0. The minimum atomic E-state index is -1.96. The molecule has 0 aromatic rings. The number of aliphatic hydroxyl groups is 2.